The van der Waals surface area contributed by atoms with E-state index < -0.39 is 0 Å². The van der Waals surface area contributed by atoms with Gasteiger partial charge >= 0.3 is 0 Å². The average Bonchev–Trinajstić information content (AvgIpc) is 1.63. The maximum absolute atomic E-state index is 8.23. The van der Waals surface area contributed by atoms with Crippen LogP contribution >= 0.6 is 0 Å². The number of ether oxygens (including phenoxy) is 1. The van der Waals surface area contributed by atoms with Crippen LogP contribution in [0.15, 0.2) is 0 Å². The van der Waals surface area contributed by atoms with E-state index in [0.717, 1.165) is 11.0 Å². The summed E-state index contributed by atoms with van der Waals surface area (Å²) >= 11 is 0. The van der Waals surface area contributed by atoms with E-state index in [1.807, 2.05) is 0 Å². The Kier molecular flexibility index (Phi) is 7.58. The number of rotatable bonds is 4. The van der Waals surface area contributed by atoms with E-state index in [1.54, 1.807) is 0 Å². The van der Waals surface area contributed by atoms with E-state index in [2.05, 4.69) is 21.1 Å². The molecule has 0 heterocycles. The van der Waals surface area contributed by atoms with Crippen LogP contribution in [0.5, 0.6) is 0 Å². The topological polar surface area (TPSA) is 29.5 Å². The maximum atomic E-state index is 8.23. The summed E-state index contributed by atoms with van der Waals surface area (Å²) in [5, 5.41) is 8.23. The minimum Gasteiger partial charge on any atom is -1.00 e. The monoisotopic (exact) mass is 169 g/mol. The minimum absolute atomic E-state index is 0. The SMILES string of the molecule is C[N+](C)(C)CCOCO.[Cl-]. The van der Waals surface area contributed by atoms with Crippen molar-refractivity contribution >= 4 is 0 Å². The lowest BCUT2D eigenvalue weighted by atomic mass is 10.5. The molecule has 0 aromatic rings. The van der Waals surface area contributed by atoms with Crippen LogP contribution in [-0.4, -0.2) is 50.7 Å². The Balaban J connectivity index is 0. The molecule has 1 N–H and O–H groups in total. The van der Waals surface area contributed by atoms with Gasteiger partial charge in [-0.2, -0.15) is 0 Å². The highest BCUT2D eigenvalue weighted by Crippen LogP contribution is 1.87. The largest absolute Gasteiger partial charge is 1.00 e. The van der Waals surface area contributed by atoms with Gasteiger partial charge in [0.15, 0.2) is 0 Å². The molecule has 0 radical (unpaired) electrons. The number of aliphatic hydroxyl groups excluding tert-OH is 1. The summed E-state index contributed by atoms with van der Waals surface area (Å²) in [7, 11) is 6.25. The normalized spacial score (nSPS) is 10.8. The second-order valence-electron chi connectivity index (χ2n) is 3.05. The van der Waals surface area contributed by atoms with Crippen molar-refractivity contribution in [1.82, 2.24) is 0 Å². The molecule has 3 nitrogen and oxygen atoms in total. The van der Waals surface area contributed by atoms with Crippen molar-refractivity contribution in [1.29, 1.82) is 0 Å². The van der Waals surface area contributed by atoms with Crippen molar-refractivity contribution in [3.05, 3.63) is 0 Å². The lowest BCUT2D eigenvalue weighted by molar-refractivity contribution is -0.870. The summed E-state index contributed by atoms with van der Waals surface area (Å²) in [6.45, 7) is 1.39. The zero-order valence-corrected chi connectivity index (χ0v) is 7.56. The van der Waals surface area contributed by atoms with Crippen LogP contribution < -0.4 is 12.4 Å². The second kappa shape index (κ2) is 5.92. The summed E-state index contributed by atoms with van der Waals surface area (Å²) in [5.41, 5.74) is 0. The van der Waals surface area contributed by atoms with Crippen molar-refractivity contribution in [2.75, 3.05) is 41.1 Å². The average molecular weight is 170 g/mol. The van der Waals surface area contributed by atoms with Gasteiger partial charge in [-0.15, -0.1) is 0 Å². The summed E-state index contributed by atoms with van der Waals surface area (Å²) < 4.78 is 5.62. The van der Waals surface area contributed by atoms with Gasteiger partial charge < -0.3 is 26.7 Å². The standard InChI is InChI=1S/C6H16NO2.ClH/c1-7(2,3)4-5-9-6-8;/h8H,4-6H2,1-3H3;1H/q+1;/p-1. The van der Waals surface area contributed by atoms with Crippen LogP contribution in [-0.2, 0) is 4.74 Å². The first kappa shape index (κ1) is 12.8. The molecule has 0 saturated heterocycles. The van der Waals surface area contributed by atoms with E-state index in [4.69, 9.17) is 9.84 Å². The van der Waals surface area contributed by atoms with Crippen molar-refractivity contribution < 1.29 is 26.7 Å². The Morgan fingerprint density at radius 3 is 2.10 bits per heavy atom. The highest BCUT2D eigenvalue weighted by atomic mass is 35.5. The van der Waals surface area contributed by atoms with Crippen LogP contribution in [0.2, 0.25) is 0 Å². The zero-order chi connectivity index (χ0) is 7.33. The first-order chi connectivity index (χ1) is 4.06. The summed E-state index contributed by atoms with van der Waals surface area (Å²) in [5.74, 6) is 0. The molecule has 0 aromatic carbocycles. The third kappa shape index (κ3) is 11.0. The Morgan fingerprint density at radius 1 is 1.30 bits per heavy atom. The lowest BCUT2D eigenvalue weighted by Crippen LogP contribution is -3.00. The molecule has 0 fully saturated rings. The fourth-order valence-electron chi connectivity index (χ4n) is 0.403. The number of quaternary nitrogens is 1. The third-order valence-corrected chi connectivity index (χ3v) is 0.998. The highest BCUT2D eigenvalue weighted by Gasteiger charge is 2.04. The first-order valence-electron chi connectivity index (χ1n) is 3.05. The summed E-state index contributed by atoms with van der Waals surface area (Å²) in [4.78, 5) is 0. The van der Waals surface area contributed by atoms with Gasteiger partial charge in [0.1, 0.15) is 13.3 Å². The Hall–Kier alpha value is 0.170. The van der Waals surface area contributed by atoms with Crippen molar-refractivity contribution in [3.63, 3.8) is 0 Å². The fraction of sp³-hybridized carbons (Fsp3) is 1.00. The molecule has 0 rings (SSSR count). The molecule has 0 aliphatic rings. The molecule has 0 spiro atoms. The van der Waals surface area contributed by atoms with Crippen LogP contribution in [0.3, 0.4) is 0 Å². The molecule has 0 atom stereocenters. The number of aliphatic hydroxyl groups is 1. The van der Waals surface area contributed by atoms with E-state index in [9.17, 15) is 0 Å². The van der Waals surface area contributed by atoms with Crippen LogP contribution in [0.4, 0.5) is 0 Å². The van der Waals surface area contributed by atoms with Crippen LogP contribution in [0.25, 0.3) is 0 Å². The predicted octanol–water partition coefficient (Wildman–Crippen LogP) is -3.34. The van der Waals surface area contributed by atoms with Gasteiger partial charge in [0.2, 0.25) is 0 Å². The molecule has 10 heavy (non-hydrogen) atoms. The molecule has 0 bridgehead atoms. The minimum atomic E-state index is -0.167. The molecular weight excluding hydrogens is 154 g/mol. The molecule has 64 valence electrons. The predicted molar refractivity (Wildman–Crippen MR) is 35.9 cm³/mol. The number of nitrogens with zero attached hydrogens (tertiary/aromatic N) is 1. The molecule has 0 aliphatic carbocycles. The zero-order valence-electron chi connectivity index (χ0n) is 6.80. The summed E-state index contributed by atoms with van der Waals surface area (Å²) in [6, 6.07) is 0. The van der Waals surface area contributed by atoms with Crippen molar-refractivity contribution in [2.24, 2.45) is 0 Å². The van der Waals surface area contributed by atoms with E-state index in [-0.39, 0.29) is 19.2 Å². The lowest BCUT2D eigenvalue weighted by Gasteiger charge is -2.23. The Bertz CT molecular complexity index is 72.6. The van der Waals surface area contributed by atoms with Gasteiger partial charge in [0.25, 0.3) is 0 Å². The Labute approximate surface area is 68.6 Å². The molecule has 0 aliphatic heterocycles. The smallest absolute Gasteiger partial charge is 0.143 e. The first-order valence-corrected chi connectivity index (χ1v) is 3.05. The number of halogens is 1. The van der Waals surface area contributed by atoms with Crippen molar-refractivity contribution in [3.8, 4) is 0 Å². The van der Waals surface area contributed by atoms with E-state index in [1.165, 1.54) is 0 Å². The number of likely N-dealkylation sites (N-methyl/N-ethyl adjacent to an activating group) is 1. The maximum Gasteiger partial charge on any atom is 0.143 e. The van der Waals surface area contributed by atoms with Crippen LogP contribution in [0, 0.1) is 0 Å². The van der Waals surface area contributed by atoms with Crippen LogP contribution in [0.1, 0.15) is 0 Å². The molecule has 0 unspecified atom stereocenters. The Morgan fingerprint density at radius 2 is 1.80 bits per heavy atom. The number of hydrogen-bond donors (Lipinski definition) is 1. The highest BCUT2D eigenvalue weighted by molar-refractivity contribution is 4.23. The van der Waals surface area contributed by atoms with Gasteiger partial charge in [-0.3, -0.25) is 0 Å². The van der Waals surface area contributed by atoms with Gasteiger partial charge in [-0.05, 0) is 0 Å². The molecule has 0 amide bonds. The van der Waals surface area contributed by atoms with E-state index in [0.29, 0.717) is 6.61 Å². The van der Waals surface area contributed by atoms with Gasteiger partial charge in [-0.25, -0.2) is 0 Å². The molecular formula is C6H16ClNO2. The quantitative estimate of drug-likeness (QED) is 0.271. The summed E-state index contributed by atoms with van der Waals surface area (Å²) in [6.07, 6.45) is 0. The number of hydrogen-bond acceptors (Lipinski definition) is 2. The molecule has 4 heteroatoms. The van der Waals surface area contributed by atoms with Gasteiger partial charge in [0.05, 0.1) is 27.7 Å². The second-order valence-corrected chi connectivity index (χ2v) is 3.05. The van der Waals surface area contributed by atoms with Gasteiger partial charge in [0, 0.05) is 0 Å². The molecule has 0 aromatic heterocycles. The van der Waals surface area contributed by atoms with Crippen molar-refractivity contribution in [2.45, 2.75) is 0 Å². The van der Waals surface area contributed by atoms with Gasteiger partial charge in [-0.1, -0.05) is 0 Å². The third-order valence-electron chi connectivity index (χ3n) is 0.998. The fourth-order valence-corrected chi connectivity index (χ4v) is 0.403. The van der Waals surface area contributed by atoms with E-state index >= 15 is 0 Å². The molecule has 0 saturated carbocycles.